The van der Waals surface area contributed by atoms with Crippen molar-refractivity contribution in [2.75, 3.05) is 32.8 Å². The quantitative estimate of drug-likeness (QED) is 0.393. The zero-order chi connectivity index (χ0) is 27.2. The van der Waals surface area contributed by atoms with E-state index >= 15 is 0 Å². The summed E-state index contributed by atoms with van der Waals surface area (Å²) in [7, 11) is -1.76. The first-order valence-electron chi connectivity index (χ1n) is 12.5. The van der Waals surface area contributed by atoms with E-state index in [9.17, 15) is 33.7 Å². The summed E-state index contributed by atoms with van der Waals surface area (Å²) in [5, 5.41) is 31.8. The van der Waals surface area contributed by atoms with Crippen LogP contribution in [0.15, 0.2) is 30.3 Å². The summed E-state index contributed by atoms with van der Waals surface area (Å²) >= 11 is 0. The Hall–Kier alpha value is -2.59. The van der Waals surface area contributed by atoms with Gasteiger partial charge in [0.05, 0.1) is 37.7 Å². The molecule has 1 aromatic rings. The monoisotopic (exact) mass is 520 g/mol. The number of carbonyl (C=O) groups is 2. The number of carbonyl (C=O) groups excluding carboxylic acids is 2. The minimum Gasteiger partial charge on any atom is -0.426 e. The van der Waals surface area contributed by atoms with Crippen LogP contribution in [0, 0.1) is 17.2 Å². The highest BCUT2D eigenvalue weighted by molar-refractivity contribution is 6.43. The molecule has 3 N–H and O–H groups in total. The highest BCUT2D eigenvalue weighted by atomic mass is 19.3. The minimum absolute atomic E-state index is 0.0949. The first kappa shape index (κ1) is 29.0. The lowest BCUT2D eigenvalue weighted by atomic mass is 9.76. The lowest BCUT2D eigenvalue weighted by Crippen LogP contribution is -2.52. The van der Waals surface area contributed by atoms with E-state index in [0.29, 0.717) is 0 Å². The number of benzene rings is 1. The molecule has 9 nitrogen and oxygen atoms in total. The number of rotatable bonds is 10. The molecular formula is C25H35BF2N4O5. The predicted octanol–water partition coefficient (Wildman–Crippen LogP) is 0.993. The first-order valence-corrected chi connectivity index (χ1v) is 12.5. The Morgan fingerprint density at radius 3 is 2.59 bits per heavy atom. The van der Waals surface area contributed by atoms with Crippen LogP contribution in [0.4, 0.5) is 8.78 Å². The summed E-state index contributed by atoms with van der Waals surface area (Å²) in [5.74, 6) is -5.58. The molecule has 2 aliphatic heterocycles. The second kappa shape index (κ2) is 12.3. The molecule has 1 unspecified atom stereocenters. The predicted molar refractivity (Wildman–Crippen MR) is 132 cm³/mol. The summed E-state index contributed by atoms with van der Waals surface area (Å²) < 4.78 is 33.1. The Kier molecular flexibility index (Phi) is 9.64. The van der Waals surface area contributed by atoms with Crippen molar-refractivity contribution in [1.82, 2.24) is 15.1 Å². The van der Waals surface area contributed by atoms with E-state index in [4.69, 9.17) is 4.74 Å². The molecular weight excluding hydrogens is 485 g/mol. The van der Waals surface area contributed by atoms with Gasteiger partial charge in [0, 0.05) is 31.6 Å². The topological polar surface area (TPSA) is 126 Å². The fourth-order valence-corrected chi connectivity index (χ4v) is 4.90. The van der Waals surface area contributed by atoms with Gasteiger partial charge in [-0.25, -0.2) is 8.78 Å². The van der Waals surface area contributed by atoms with Crippen LogP contribution in [0.5, 0.6) is 0 Å². The molecule has 0 bridgehead atoms. The molecule has 202 valence electrons. The molecule has 1 aromatic carbocycles. The van der Waals surface area contributed by atoms with Gasteiger partial charge in [-0.05, 0) is 32.3 Å². The van der Waals surface area contributed by atoms with Gasteiger partial charge in [-0.15, -0.1) is 0 Å². The maximum absolute atomic E-state index is 13.7. The highest BCUT2D eigenvalue weighted by Gasteiger charge is 2.45. The molecule has 3 rings (SSSR count). The van der Waals surface area contributed by atoms with Crippen LogP contribution in [0.3, 0.4) is 0 Å². The van der Waals surface area contributed by atoms with Crippen LogP contribution in [0.1, 0.15) is 38.7 Å². The summed E-state index contributed by atoms with van der Waals surface area (Å²) in [6.45, 7) is 3.87. The van der Waals surface area contributed by atoms with Crippen LogP contribution >= 0.6 is 0 Å². The van der Waals surface area contributed by atoms with Crippen LogP contribution in [0.25, 0.3) is 0 Å². The van der Waals surface area contributed by atoms with Crippen molar-refractivity contribution >= 4 is 18.9 Å². The Morgan fingerprint density at radius 1 is 1.30 bits per heavy atom. The van der Waals surface area contributed by atoms with Crippen molar-refractivity contribution in [3.63, 3.8) is 0 Å². The van der Waals surface area contributed by atoms with Crippen molar-refractivity contribution in [2.45, 2.75) is 63.0 Å². The van der Waals surface area contributed by atoms with Gasteiger partial charge in [0.1, 0.15) is 5.92 Å². The molecule has 2 amide bonds. The summed E-state index contributed by atoms with van der Waals surface area (Å²) in [4.78, 5) is 28.9. The SMILES string of the molecule is CC(C)(CC(C#N)C(=O)N1CCO[C@H](CC(=O)N[C@@H](Cc2ccccc2)B(O)O)C1)N1CCC(F)(F)C1. The standard InChI is InChI=1S/C25H35BF2N4O5/c1-24(2,32-9-8-25(27,28)17-32)14-19(15-29)23(34)31-10-11-37-20(16-31)13-22(33)30-21(26(35)36)12-18-6-4-3-5-7-18/h3-7,19-21,35-36H,8-14,16-17H2,1-2H3,(H,30,33)/t19?,20-,21+/m1/s1. The van der Waals surface area contributed by atoms with E-state index in [-0.39, 0.29) is 51.9 Å². The van der Waals surface area contributed by atoms with Gasteiger partial charge in [0.15, 0.2) is 0 Å². The highest BCUT2D eigenvalue weighted by Crippen LogP contribution is 2.35. The largest absolute Gasteiger partial charge is 0.475 e. The number of nitrogens with one attached hydrogen (secondary N) is 1. The first-order chi connectivity index (χ1) is 17.4. The number of amides is 2. The zero-order valence-corrected chi connectivity index (χ0v) is 21.3. The number of hydrogen-bond acceptors (Lipinski definition) is 7. The van der Waals surface area contributed by atoms with E-state index in [0.717, 1.165) is 5.56 Å². The second-order valence-corrected chi connectivity index (χ2v) is 10.5. The van der Waals surface area contributed by atoms with Crippen molar-refractivity contribution in [3.05, 3.63) is 35.9 Å². The molecule has 0 saturated carbocycles. The summed E-state index contributed by atoms with van der Waals surface area (Å²) in [6, 6.07) is 11.1. The molecule has 0 spiro atoms. The summed E-state index contributed by atoms with van der Waals surface area (Å²) in [5.41, 5.74) is 0.0650. The molecule has 12 heteroatoms. The lowest BCUT2D eigenvalue weighted by Gasteiger charge is -2.38. The smallest absolute Gasteiger partial charge is 0.426 e. The number of alkyl halides is 2. The van der Waals surface area contributed by atoms with Gasteiger partial charge >= 0.3 is 7.12 Å². The number of ether oxygens (including phenoxy) is 1. The van der Waals surface area contributed by atoms with E-state index in [1.807, 2.05) is 36.4 Å². The molecule has 2 fully saturated rings. The van der Waals surface area contributed by atoms with E-state index in [2.05, 4.69) is 5.32 Å². The third kappa shape index (κ3) is 8.20. The van der Waals surface area contributed by atoms with E-state index in [1.54, 1.807) is 18.7 Å². The molecule has 2 saturated heterocycles. The van der Waals surface area contributed by atoms with Crippen LogP contribution < -0.4 is 5.32 Å². The van der Waals surface area contributed by atoms with E-state index < -0.39 is 54.9 Å². The molecule has 0 aliphatic carbocycles. The van der Waals surface area contributed by atoms with Crippen molar-refractivity contribution < 1.29 is 33.2 Å². The third-order valence-corrected chi connectivity index (χ3v) is 7.05. The summed E-state index contributed by atoms with van der Waals surface area (Å²) in [6.07, 6.45) is -0.642. The molecule has 2 aliphatic rings. The van der Waals surface area contributed by atoms with Crippen LogP contribution in [-0.4, -0.2) is 95.1 Å². The van der Waals surface area contributed by atoms with Crippen molar-refractivity contribution in [2.24, 2.45) is 5.92 Å². The van der Waals surface area contributed by atoms with Crippen LogP contribution in [0.2, 0.25) is 0 Å². The van der Waals surface area contributed by atoms with Gasteiger partial charge in [0.2, 0.25) is 11.8 Å². The fraction of sp³-hybridized carbons (Fsp3) is 0.640. The number of nitrogens with zero attached hydrogens (tertiary/aromatic N) is 3. The average molecular weight is 520 g/mol. The average Bonchev–Trinajstić information content (AvgIpc) is 3.23. The lowest BCUT2D eigenvalue weighted by molar-refractivity contribution is -0.144. The van der Waals surface area contributed by atoms with E-state index in [1.165, 1.54) is 4.90 Å². The zero-order valence-electron chi connectivity index (χ0n) is 21.3. The van der Waals surface area contributed by atoms with Gasteiger partial charge in [-0.1, -0.05) is 30.3 Å². The molecule has 3 atom stereocenters. The Balaban J connectivity index is 1.55. The van der Waals surface area contributed by atoms with Gasteiger partial charge in [0.25, 0.3) is 5.92 Å². The molecule has 37 heavy (non-hydrogen) atoms. The maximum atomic E-state index is 13.7. The minimum atomic E-state index is -2.77. The maximum Gasteiger partial charge on any atom is 0.475 e. The van der Waals surface area contributed by atoms with Gasteiger partial charge < -0.3 is 25.0 Å². The Labute approximate surface area is 216 Å². The second-order valence-electron chi connectivity index (χ2n) is 10.5. The van der Waals surface area contributed by atoms with Gasteiger partial charge in [-0.3, -0.25) is 14.5 Å². The molecule has 0 aromatic heterocycles. The molecule has 0 radical (unpaired) electrons. The number of morpholine rings is 1. The number of likely N-dealkylation sites (tertiary alicyclic amines) is 1. The fourth-order valence-electron chi connectivity index (χ4n) is 4.90. The Morgan fingerprint density at radius 2 is 2.00 bits per heavy atom. The number of nitriles is 1. The number of halogens is 2. The third-order valence-electron chi connectivity index (χ3n) is 7.05. The Bertz CT molecular complexity index is 976. The van der Waals surface area contributed by atoms with Crippen molar-refractivity contribution in [1.29, 1.82) is 5.26 Å². The number of hydrogen-bond donors (Lipinski definition) is 3. The molecule has 2 heterocycles. The van der Waals surface area contributed by atoms with Crippen molar-refractivity contribution in [3.8, 4) is 6.07 Å². The van der Waals surface area contributed by atoms with Crippen LogP contribution in [-0.2, 0) is 20.7 Å². The normalized spacial score (nSPS) is 21.6. The van der Waals surface area contributed by atoms with Gasteiger partial charge in [-0.2, -0.15) is 5.26 Å².